The second-order valence-corrected chi connectivity index (χ2v) is 6.54. The molecule has 1 aromatic heterocycles. The number of carbonyl (C=O) groups is 2. The molecule has 1 saturated heterocycles. The van der Waals surface area contributed by atoms with Crippen LogP contribution in [0.15, 0.2) is 5.38 Å². The molecule has 2 amide bonds. The smallest absolute Gasteiger partial charge is 0.326 e. The number of anilines is 1. The molecular weight excluding hydrogens is 290 g/mol. The molecule has 2 N–H and O–H groups in total. The highest BCUT2D eigenvalue weighted by Gasteiger charge is 2.31. The predicted molar refractivity (Wildman–Crippen MR) is 79.7 cm³/mol. The molecular formula is C14H19N3O3S. The number of carboxylic acid groups (broad SMARTS) is 1. The molecule has 2 heterocycles. The van der Waals surface area contributed by atoms with Crippen molar-refractivity contribution in [2.24, 2.45) is 0 Å². The Balaban J connectivity index is 1.67. The molecule has 7 heteroatoms. The average molecular weight is 309 g/mol. The predicted octanol–water partition coefficient (Wildman–Crippen LogP) is 2.88. The van der Waals surface area contributed by atoms with Gasteiger partial charge in [0.15, 0.2) is 5.13 Å². The van der Waals surface area contributed by atoms with Gasteiger partial charge in [0.25, 0.3) is 0 Å². The molecule has 1 aromatic rings. The highest BCUT2D eigenvalue weighted by Crippen LogP contribution is 2.40. The summed E-state index contributed by atoms with van der Waals surface area (Å²) in [4.78, 5) is 29.5. The number of carbonyl (C=O) groups excluding carboxylic acids is 1. The molecule has 21 heavy (non-hydrogen) atoms. The average Bonchev–Trinajstić information content (AvgIpc) is 3.24. The summed E-state index contributed by atoms with van der Waals surface area (Å²) in [6.45, 7) is 0.490. The Bertz CT molecular complexity index is 541. The van der Waals surface area contributed by atoms with Crippen molar-refractivity contribution in [2.45, 2.75) is 50.5 Å². The molecule has 114 valence electrons. The van der Waals surface area contributed by atoms with E-state index in [2.05, 4.69) is 10.3 Å². The van der Waals surface area contributed by atoms with Crippen LogP contribution in [-0.2, 0) is 4.79 Å². The molecule has 2 aliphatic rings. The first-order chi connectivity index (χ1) is 10.1. The molecule has 6 nitrogen and oxygen atoms in total. The van der Waals surface area contributed by atoms with E-state index in [9.17, 15) is 14.7 Å². The minimum Gasteiger partial charge on any atom is -0.480 e. The summed E-state index contributed by atoms with van der Waals surface area (Å²) >= 11 is 1.41. The van der Waals surface area contributed by atoms with E-state index in [0.29, 0.717) is 24.0 Å². The van der Waals surface area contributed by atoms with Crippen molar-refractivity contribution in [2.75, 3.05) is 11.9 Å². The van der Waals surface area contributed by atoms with Crippen LogP contribution < -0.4 is 5.32 Å². The maximum absolute atomic E-state index is 12.3. The van der Waals surface area contributed by atoms with Crippen LogP contribution in [-0.4, -0.2) is 39.6 Å². The van der Waals surface area contributed by atoms with E-state index in [1.165, 1.54) is 29.1 Å². The number of nitrogens with one attached hydrogen (secondary N) is 1. The number of hydrogen-bond donors (Lipinski definition) is 2. The number of aromatic nitrogens is 1. The Morgan fingerprint density at radius 3 is 2.81 bits per heavy atom. The Hall–Kier alpha value is -1.63. The molecule has 1 aliphatic carbocycles. The summed E-state index contributed by atoms with van der Waals surface area (Å²) < 4.78 is 0. The number of nitrogens with zero attached hydrogens (tertiary/aromatic N) is 2. The van der Waals surface area contributed by atoms with E-state index in [1.807, 2.05) is 5.38 Å². The molecule has 0 spiro atoms. The molecule has 1 unspecified atom stereocenters. The Morgan fingerprint density at radius 2 is 2.10 bits per heavy atom. The number of carboxylic acids is 1. The summed E-state index contributed by atoms with van der Waals surface area (Å²) in [6.07, 6.45) is 5.53. The highest BCUT2D eigenvalue weighted by molar-refractivity contribution is 7.13. The summed E-state index contributed by atoms with van der Waals surface area (Å²) in [7, 11) is 0. The third-order valence-electron chi connectivity index (χ3n) is 4.03. The Morgan fingerprint density at radius 1 is 1.29 bits per heavy atom. The first kappa shape index (κ1) is 14.3. The van der Waals surface area contributed by atoms with Gasteiger partial charge >= 0.3 is 12.0 Å². The molecule has 0 aromatic carbocycles. The van der Waals surface area contributed by atoms with E-state index in [-0.39, 0.29) is 6.03 Å². The van der Waals surface area contributed by atoms with Crippen molar-refractivity contribution < 1.29 is 14.7 Å². The maximum Gasteiger partial charge on any atom is 0.326 e. The van der Waals surface area contributed by atoms with Gasteiger partial charge in [-0.05, 0) is 25.7 Å². The molecule has 0 radical (unpaired) electrons. The fourth-order valence-electron chi connectivity index (χ4n) is 2.68. The highest BCUT2D eigenvalue weighted by atomic mass is 32.1. The van der Waals surface area contributed by atoms with Gasteiger partial charge in [-0.2, -0.15) is 0 Å². The largest absolute Gasteiger partial charge is 0.480 e. The lowest BCUT2D eigenvalue weighted by atomic mass is 10.1. The van der Waals surface area contributed by atoms with E-state index in [0.717, 1.165) is 25.0 Å². The number of hydrogen-bond acceptors (Lipinski definition) is 4. The van der Waals surface area contributed by atoms with Gasteiger partial charge in [-0.15, -0.1) is 11.3 Å². The lowest BCUT2D eigenvalue weighted by molar-refractivity contribution is -0.142. The fourth-order valence-corrected chi connectivity index (χ4v) is 3.46. The van der Waals surface area contributed by atoms with Crippen molar-refractivity contribution in [3.63, 3.8) is 0 Å². The molecule has 2 fully saturated rings. The normalized spacial score (nSPS) is 22.7. The van der Waals surface area contributed by atoms with Gasteiger partial charge in [-0.1, -0.05) is 12.8 Å². The third-order valence-corrected chi connectivity index (χ3v) is 4.81. The van der Waals surface area contributed by atoms with Crippen molar-refractivity contribution in [1.82, 2.24) is 9.88 Å². The number of aliphatic carboxylic acids is 1. The molecule has 1 aliphatic heterocycles. The van der Waals surface area contributed by atoms with Crippen LogP contribution in [0.5, 0.6) is 0 Å². The summed E-state index contributed by atoms with van der Waals surface area (Å²) in [5.74, 6) is -0.373. The first-order valence-electron chi connectivity index (χ1n) is 7.41. The van der Waals surface area contributed by atoms with Gasteiger partial charge in [0.2, 0.25) is 0 Å². The van der Waals surface area contributed by atoms with Gasteiger partial charge in [-0.25, -0.2) is 14.6 Å². The van der Waals surface area contributed by atoms with Crippen LogP contribution in [0.1, 0.15) is 50.1 Å². The number of thiazole rings is 1. The second-order valence-electron chi connectivity index (χ2n) is 5.68. The minimum absolute atomic E-state index is 0.346. The monoisotopic (exact) mass is 309 g/mol. The summed E-state index contributed by atoms with van der Waals surface area (Å²) in [5.41, 5.74) is 1.04. The molecule has 1 saturated carbocycles. The van der Waals surface area contributed by atoms with E-state index in [1.54, 1.807) is 0 Å². The molecule has 0 bridgehead atoms. The van der Waals surface area contributed by atoms with E-state index in [4.69, 9.17) is 0 Å². The second kappa shape index (κ2) is 6.01. The third kappa shape index (κ3) is 3.34. The van der Waals surface area contributed by atoms with E-state index < -0.39 is 12.0 Å². The number of urea groups is 1. The van der Waals surface area contributed by atoms with Crippen LogP contribution in [0.2, 0.25) is 0 Å². The van der Waals surface area contributed by atoms with Gasteiger partial charge in [0, 0.05) is 17.8 Å². The standard InChI is InChI=1S/C14H19N3O3S/c18-12(19)11-4-2-1-3-7-17(11)14(20)16-13-15-10(8-21-13)9-5-6-9/h8-9,11H,1-7H2,(H,18,19)(H,15,16,20). The number of rotatable bonds is 3. The van der Waals surface area contributed by atoms with Crippen LogP contribution in [0, 0.1) is 0 Å². The zero-order valence-electron chi connectivity index (χ0n) is 11.7. The van der Waals surface area contributed by atoms with Crippen LogP contribution >= 0.6 is 11.3 Å². The topological polar surface area (TPSA) is 82.5 Å². The number of amides is 2. The van der Waals surface area contributed by atoms with Crippen molar-refractivity contribution in [3.05, 3.63) is 11.1 Å². The number of likely N-dealkylation sites (tertiary alicyclic amines) is 1. The van der Waals surface area contributed by atoms with Gasteiger partial charge in [0.1, 0.15) is 6.04 Å². The lowest BCUT2D eigenvalue weighted by Gasteiger charge is -2.26. The van der Waals surface area contributed by atoms with Crippen LogP contribution in [0.4, 0.5) is 9.93 Å². The molecule has 1 atom stereocenters. The van der Waals surface area contributed by atoms with Gasteiger partial charge in [-0.3, -0.25) is 5.32 Å². The summed E-state index contributed by atoms with van der Waals surface area (Å²) in [6, 6.07) is -1.07. The summed E-state index contributed by atoms with van der Waals surface area (Å²) in [5, 5.41) is 14.6. The van der Waals surface area contributed by atoms with Crippen molar-refractivity contribution >= 4 is 28.5 Å². The van der Waals surface area contributed by atoms with Crippen molar-refractivity contribution in [3.8, 4) is 0 Å². The lowest BCUT2D eigenvalue weighted by Crippen LogP contribution is -2.46. The van der Waals surface area contributed by atoms with Gasteiger partial charge in [0.05, 0.1) is 5.69 Å². The van der Waals surface area contributed by atoms with Gasteiger partial charge < -0.3 is 10.0 Å². The van der Waals surface area contributed by atoms with E-state index >= 15 is 0 Å². The fraction of sp³-hybridized carbons (Fsp3) is 0.643. The quantitative estimate of drug-likeness (QED) is 0.899. The maximum atomic E-state index is 12.3. The first-order valence-corrected chi connectivity index (χ1v) is 8.29. The van der Waals surface area contributed by atoms with Crippen LogP contribution in [0.25, 0.3) is 0 Å². The Kier molecular flexibility index (Phi) is 4.10. The SMILES string of the molecule is O=C(O)C1CCCCCN1C(=O)Nc1nc(C2CC2)cs1. The Labute approximate surface area is 127 Å². The van der Waals surface area contributed by atoms with Crippen LogP contribution in [0.3, 0.4) is 0 Å². The zero-order chi connectivity index (χ0) is 14.8. The zero-order valence-corrected chi connectivity index (χ0v) is 12.6. The molecule has 3 rings (SSSR count). The van der Waals surface area contributed by atoms with Crippen molar-refractivity contribution in [1.29, 1.82) is 0 Å². The minimum atomic E-state index is -0.926.